The minimum atomic E-state index is -3.32. The van der Waals surface area contributed by atoms with Gasteiger partial charge >= 0.3 is 0 Å². The maximum absolute atomic E-state index is 12.6. The molecule has 0 bridgehead atoms. The first-order valence-corrected chi connectivity index (χ1v) is 10.8. The number of nitrogens with one attached hydrogen (secondary N) is 1. The third kappa shape index (κ3) is 3.73. The predicted octanol–water partition coefficient (Wildman–Crippen LogP) is 4.11. The lowest BCUT2D eigenvalue weighted by molar-refractivity contribution is 0.103. The second kappa shape index (κ2) is 7.09. The number of amides is 1. The van der Waals surface area contributed by atoms with Gasteiger partial charge < -0.3 is 5.32 Å². The summed E-state index contributed by atoms with van der Waals surface area (Å²) >= 11 is 1.39. The van der Waals surface area contributed by atoms with Gasteiger partial charge in [0.15, 0.2) is 0 Å². The number of nitrogens with zero attached hydrogens (tertiary/aromatic N) is 1. The first-order chi connectivity index (χ1) is 12.3. The Balaban J connectivity index is 1.90. The minimum Gasteiger partial charge on any atom is -0.321 e. The Morgan fingerprint density at radius 3 is 2.58 bits per heavy atom. The van der Waals surface area contributed by atoms with Crippen LogP contribution >= 0.6 is 11.3 Å². The van der Waals surface area contributed by atoms with Crippen molar-refractivity contribution in [2.75, 3.05) is 22.9 Å². The highest BCUT2D eigenvalue weighted by atomic mass is 32.2. The van der Waals surface area contributed by atoms with Crippen molar-refractivity contribution in [1.82, 2.24) is 0 Å². The summed E-state index contributed by atoms with van der Waals surface area (Å²) in [5, 5.41) is 3.81. The molecule has 5 nitrogen and oxygen atoms in total. The highest BCUT2D eigenvalue weighted by Gasteiger charge is 2.15. The Morgan fingerprint density at radius 2 is 1.88 bits per heavy atom. The van der Waals surface area contributed by atoms with Crippen molar-refractivity contribution in [1.29, 1.82) is 0 Å². The van der Waals surface area contributed by atoms with Crippen molar-refractivity contribution in [2.45, 2.75) is 13.3 Å². The van der Waals surface area contributed by atoms with E-state index in [0.717, 1.165) is 34.0 Å². The maximum Gasteiger partial charge on any atom is 0.265 e. The van der Waals surface area contributed by atoms with E-state index in [1.807, 2.05) is 37.3 Å². The molecule has 2 aromatic carbocycles. The molecule has 1 aromatic heterocycles. The Bertz CT molecular complexity index is 1070. The van der Waals surface area contributed by atoms with Gasteiger partial charge in [0.2, 0.25) is 10.0 Å². The molecule has 0 atom stereocenters. The van der Waals surface area contributed by atoms with Crippen LogP contribution in [0, 0.1) is 0 Å². The number of benzene rings is 2. The van der Waals surface area contributed by atoms with Gasteiger partial charge in [-0.1, -0.05) is 25.1 Å². The van der Waals surface area contributed by atoms with Gasteiger partial charge in [-0.25, -0.2) is 8.42 Å². The monoisotopic (exact) mass is 388 g/mol. The van der Waals surface area contributed by atoms with Gasteiger partial charge in [-0.3, -0.25) is 9.10 Å². The molecule has 136 valence electrons. The highest BCUT2D eigenvalue weighted by Crippen LogP contribution is 2.30. The van der Waals surface area contributed by atoms with Crippen LogP contribution in [-0.2, 0) is 16.4 Å². The molecule has 0 aliphatic rings. The number of rotatable bonds is 5. The fourth-order valence-electron chi connectivity index (χ4n) is 2.66. The molecule has 0 saturated carbocycles. The molecular weight excluding hydrogens is 368 g/mol. The van der Waals surface area contributed by atoms with Crippen molar-refractivity contribution in [3.63, 3.8) is 0 Å². The molecule has 1 N–H and O–H groups in total. The summed E-state index contributed by atoms with van der Waals surface area (Å²) in [4.78, 5) is 13.2. The number of para-hydroxylation sites is 1. The second-order valence-electron chi connectivity index (χ2n) is 6.03. The molecule has 3 aromatic rings. The summed E-state index contributed by atoms with van der Waals surface area (Å²) in [5.74, 6) is -0.162. The number of fused-ring (bicyclic) bond motifs is 1. The van der Waals surface area contributed by atoms with Gasteiger partial charge in [0.25, 0.3) is 5.91 Å². The number of anilines is 2. The average Bonchev–Trinajstić information content (AvgIpc) is 3.04. The van der Waals surface area contributed by atoms with Crippen LogP contribution in [0.1, 0.15) is 22.2 Å². The molecular formula is C19H20N2O3S2. The van der Waals surface area contributed by atoms with E-state index in [9.17, 15) is 13.2 Å². The van der Waals surface area contributed by atoms with E-state index in [1.165, 1.54) is 22.7 Å². The van der Waals surface area contributed by atoms with Crippen LogP contribution in [0.5, 0.6) is 0 Å². The smallest absolute Gasteiger partial charge is 0.265 e. The molecule has 1 heterocycles. The lowest BCUT2D eigenvalue weighted by atomic mass is 10.1. The third-order valence-corrected chi connectivity index (χ3v) is 6.55. The summed E-state index contributed by atoms with van der Waals surface area (Å²) in [6.45, 7) is 2.05. The number of sulfonamides is 1. The number of thiophene rings is 1. The van der Waals surface area contributed by atoms with Crippen LogP contribution in [0.15, 0.2) is 48.5 Å². The van der Waals surface area contributed by atoms with Gasteiger partial charge in [0.05, 0.1) is 16.8 Å². The second-order valence-corrected chi connectivity index (χ2v) is 9.13. The fourth-order valence-corrected chi connectivity index (χ4v) is 4.10. The Hall–Kier alpha value is -2.38. The third-order valence-electron chi connectivity index (χ3n) is 4.23. The lowest BCUT2D eigenvalue weighted by Gasteiger charge is -2.16. The van der Waals surface area contributed by atoms with Crippen molar-refractivity contribution in [3.8, 4) is 0 Å². The lowest BCUT2D eigenvalue weighted by Crippen LogP contribution is -2.24. The van der Waals surface area contributed by atoms with E-state index in [0.29, 0.717) is 10.6 Å². The van der Waals surface area contributed by atoms with Crippen molar-refractivity contribution < 1.29 is 13.2 Å². The number of hydrogen-bond acceptors (Lipinski definition) is 4. The van der Waals surface area contributed by atoms with Gasteiger partial charge in [0.1, 0.15) is 0 Å². The SMILES string of the molecule is CCc1ccccc1NC(=O)c1cc2cc(N(C)S(C)(=O)=O)ccc2s1. The maximum atomic E-state index is 12.6. The summed E-state index contributed by atoms with van der Waals surface area (Å²) in [5.41, 5.74) is 2.47. The normalized spacial score (nSPS) is 11.5. The molecule has 0 saturated heterocycles. The van der Waals surface area contributed by atoms with E-state index in [1.54, 1.807) is 18.2 Å². The van der Waals surface area contributed by atoms with E-state index < -0.39 is 10.0 Å². The van der Waals surface area contributed by atoms with Crippen LogP contribution < -0.4 is 9.62 Å². The van der Waals surface area contributed by atoms with Crippen molar-refractivity contribution in [2.24, 2.45) is 0 Å². The number of hydrogen-bond donors (Lipinski definition) is 1. The quantitative estimate of drug-likeness (QED) is 0.715. The molecule has 0 aliphatic carbocycles. The van der Waals surface area contributed by atoms with Crippen LogP contribution in [0.3, 0.4) is 0 Å². The average molecular weight is 389 g/mol. The Morgan fingerprint density at radius 1 is 1.15 bits per heavy atom. The topological polar surface area (TPSA) is 66.5 Å². The number of carbonyl (C=O) groups is 1. The zero-order chi connectivity index (χ0) is 18.9. The van der Waals surface area contributed by atoms with E-state index in [2.05, 4.69) is 5.32 Å². The van der Waals surface area contributed by atoms with Gasteiger partial charge in [-0.2, -0.15) is 0 Å². The summed E-state index contributed by atoms with van der Waals surface area (Å²) in [7, 11) is -1.81. The van der Waals surface area contributed by atoms with E-state index in [4.69, 9.17) is 0 Å². The summed E-state index contributed by atoms with van der Waals surface area (Å²) < 4.78 is 25.6. The van der Waals surface area contributed by atoms with Crippen molar-refractivity contribution in [3.05, 3.63) is 59.0 Å². The van der Waals surface area contributed by atoms with E-state index in [-0.39, 0.29) is 5.91 Å². The summed E-state index contributed by atoms with van der Waals surface area (Å²) in [6.07, 6.45) is 2.00. The molecule has 1 amide bonds. The molecule has 7 heteroatoms. The molecule has 0 aliphatic heterocycles. The summed E-state index contributed by atoms with van der Waals surface area (Å²) in [6, 6.07) is 14.9. The molecule has 3 rings (SSSR count). The van der Waals surface area contributed by atoms with Gasteiger partial charge in [-0.05, 0) is 47.7 Å². The molecule has 0 spiro atoms. The van der Waals surface area contributed by atoms with Gasteiger partial charge in [0, 0.05) is 17.4 Å². The first-order valence-electron chi connectivity index (χ1n) is 8.16. The number of aryl methyl sites for hydroxylation is 1. The zero-order valence-electron chi connectivity index (χ0n) is 14.8. The fraction of sp³-hybridized carbons (Fsp3) is 0.211. The molecule has 0 unspecified atom stereocenters. The van der Waals surface area contributed by atoms with Gasteiger partial charge in [-0.15, -0.1) is 11.3 Å². The predicted molar refractivity (Wildman–Crippen MR) is 109 cm³/mol. The van der Waals surface area contributed by atoms with E-state index >= 15 is 0 Å². The van der Waals surface area contributed by atoms with Crippen molar-refractivity contribution >= 4 is 48.7 Å². The van der Waals surface area contributed by atoms with Crippen LogP contribution in [-0.4, -0.2) is 27.6 Å². The zero-order valence-corrected chi connectivity index (χ0v) is 16.4. The van der Waals surface area contributed by atoms with Crippen LogP contribution in [0.4, 0.5) is 11.4 Å². The first kappa shape index (κ1) is 18.4. The molecule has 0 radical (unpaired) electrons. The largest absolute Gasteiger partial charge is 0.321 e. The van der Waals surface area contributed by atoms with Crippen LogP contribution in [0.2, 0.25) is 0 Å². The highest BCUT2D eigenvalue weighted by molar-refractivity contribution is 7.92. The standard InChI is InChI=1S/C19H20N2O3S2/c1-4-13-7-5-6-8-16(13)20-19(22)18-12-14-11-15(9-10-17(14)25-18)21(2)26(3,23)24/h5-12H,4H2,1-3H3,(H,20,22). The molecule has 0 fully saturated rings. The number of carbonyl (C=O) groups excluding carboxylic acids is 1. The van der Waals surface area contributed by atoms with Crippen LogP contribution in [0.25, 0.3) is 10.1 Å². The molecule has 26 heavy (non-hydrogen) atoms. The Kier molecular flexibility index (Phi) is 5.02. The Labute approximate surface area is 157 Å². The minimum absolute atomic E-state index is 0.162.